The number of benzene rings is 1. The number of amides is 2. The molecule has 2 N–H and O–H groups in total. The Morgan fingerprint density at radius 3 is 2.24 bits per heavy atom. The van der Waals surface area contributed by atoms with Crippen LogP contribution in [0.2, 0.25) is 0 Å². The van der Waals surface area contributed by atoms with Gasteiger partial charge < -0.3 is 15.4 Å². The van der Waals surface area contributed by atoms with E-state index in [0.29, 0.717) is 37.2 Å². The molecule has 0 saturated carbocycles. The SMILES string of the molecule is CCCCCCCCCCCOCCCC(=O)Nc1cc(C(=O)NCCCSC)ccc1SC. The van der Waals surface area contributed by atoms with E-state index in [0.717, 1.165) is 30.1 Å². The number of anilines is 1. The quantitative estimate of drug-likeness (QED) is 0.136. The molecular weight excluding hydrogens is 464 g/mol. The number of hydrogen-bond acceptors (Lipinski definition) is 5. The molecule has 5 nitrogen and oxygen atoms in total. The summed E-state index contributed by atoms with van der Waals surface area (Å²) in [7, 11) is 0. The topological polar surface area (TPSA) is 67.4 Å². The standard InChI is InChI=1S/C27H46N2O3S2/c1-4-5-6-7-8-9-10-11-12-19-32-20-13-15-26(30)29-24-22-23(16-17-25(24)34-3)27(31)28-18-14-21-33-2/h16-17,22H,4-15,18-21H2,1-3H3,(H,28,31)(H,29,30). The molecule has 0 aliphatic carbocycles. The van der Waals surface area contributed by atoms with Gasteiger partial charge in [-0.15, -0.1) is 11.8 Å². The van der Waals surface area contributed by atoms with E-state index in [1.165, 1.54) is 51.4 Å². The molecular formula is C27H46N2O3S2. The van der Waals surface area contributed by atoms with Crippen molar-refractivity contribution in [2.24, 2.45) is 0 Å². The third-order valence-corrected chi connectivity index (χ3v) is 7.12. The molecule has 0 heterocycles. The molecule has 0 aliphatic rings. The Bertz CT molecular complexity index is 686. The average molecular weight is 511 g/mol. The van der Waals surface area contributed by atoms with Gasteiger partial charge in [-0.1, -0.05) is 58.3 Å². The van der Waals surface area contributed by atoms with Crippen molar-refractivity contribution in [3.63, 3.8) is 0 Å². The van der Waals surface area contributed by atoms with Crippen LogP contribution in [0.5, 0.6) is 0 Å². The van der Waals surface area contributed by atoms with Crippen LogP contribution in [-0.2, 0) is 9.53 Å². The van der Waals surface area contributed by atoms with Gasteiger partial charge in [0.15, 0.2) is 0 Å². The van der Waals surface area contributed by atoms with Crippen molar-refractivity contribution in [2.45, 2.75) is 88.9 Å². The number of nitrogens with one attached hydrogen (secondary N) is 2. The number of ether oxygens (including phenoxy) is 1. The van der Waals surface area contributed by atoms with E-state index in [4.69, 9.17) is 4.74 Å². The van der Waals surface area contributed by atoms with E-state index in [-0.39, 0.29) is 11.8 Å². The molecule has 1 rings (SSSR count). The van der Waals surface area contributed by atoms with Gasteiger partial charge in [-0.05, 0) is 55.7 Å². The Balaban J connectivity index is 2.22. The fourth-order valence-electron chi connectivity index (χ4n) is 3.63. The lowest BCUT2D eigenvalue weighted by Crippen LogP contribution is -2.25. The number of unbranched alkanes of at least 4 members (excludes halogenated alkanes) is 8. The van der Waals surface area contributed by atoms with Crippen molar-refractivity contribution < 1.29 is 14.3 Å². The highest BCUT2D eigenvalue weighted by molar-refractivity contribution is 7.98. The Labute approximate surface area is 216 Å². The monoisotopic (exact) mass is 510 g/mol. The van der Waals surface area contributed by atoms with Gasteiger partial charge in [0.1, 0.15) is 0 Å². The molecule has 2 amide bonds. The summed E-state index contributed by atoms with van der Waals surface area (Å²) < 4.78 is 5.71. The van der Waals surface area contributed by atoms with Gasteiger partial charge in [0.05, 0.1) is 5.69 Å². The Hall–Kier alpha value is -1.18. The van der Waals surface area contributed by atoms with E-state index in [1.54, 1.807) is 29.6 Å². The first kappa shape index (κ1) is 30.9. The lowest BCUT2D eigenvalue weighted by molar-refractivity contribution is -0.116. The van der Waals surface area contributed by atoms with Crippen molar-refractivity contribution >= 4 is 41.0 Å². The summed E-state index contributed by atoms with van der Waals surface area (Å²) in [6.07, 6.45) is 17.8. The van der Waals surface area contributed by atoms with Crippen LogP contribution in [0.1, 0.15) is 94.3 Å². The predicted octanol–water partition coefficient (Wildman–Crippen LogP) is 7.16. The van der Waals surface area contributed by atoms with Crippen LogP contribution in [0.25, 0.3) is 0 Å². The molecule has 34 heavy (non-hydrogen) atoms. The minimum atomic E-state index is -0.103. The second-order valence-corrected chi connectivity index (χ2v) is 10.4. The van der Waals surface area contributed by atoms with Crippen LogP contribution in [0, 0.1) is 0 Å². The highest BCUT2D eigenvalue weighted by Crippen LogP contribution is 2.27. The average Bonchev–Trinajstić information content (AvgIpc) is 2.84. The van der Waals surface area contributed by atoms with Crippen molar-refractivity contribution in [3.8, 4) is 0 Å². The van der Waals surface area contributed by atoms with Gasteiger partial charge in [-0.3, -0.25) is 9.59 Å². The largest absolute Gasteiger partial charge is 0.381 e. The molecule has 0 aliphatic heterocycles. The predicted molar refractivity (Wildman–Crippen MR) is 149 cm³/mol. The highest BCUT2D eigenvalue weighted by atomic mass is 32.2. The number of rotatable bonds is 21. The maximum absolute atomic E-state index is 12.4. The Morgan fingerprint density at radius 2 is 1.56 bits per heavy atom. The molecule has 1 aromatic carbocycles. The molecule has 7 heteroatoms. The van der Waals surface area contributed by atoms with Gasteiger partial charge in [0.2, 0.25) is 5.91 Å². The first-order valence-electron chi connectivity index (χ1n) is 12.9. The molecule has 0 radical (unpaired) electrons. The van der Waals surface area contributed by atoms with Crippen LogP contribution in [0.4, 0.5) is 5.69 Å². The summed E-state index contributed by atoms with van der Waals surface area (Å²) in [4.78, 5) is 25.8. The molecule has 0 bridgehead atoms. The lowest BCUT2D eigenvalue weighted by Gasteiger charge is -2.12. The second kappa shape index (κ2) is 21.1. The summed E-state index contributed by atoms with van der Waals surface area (Å²) in [6, 6.07) is 5.48. The normalized spacial score (nSPS) is 10.9. The van der Waals surface area contributed by atoms with Crippen LogP contribution in [0.15, 0.2) is 23.1 Å². The van der Waals surface area contributed by atoms with E-state index in [2.05, 4.69) is 23.8 Å². The van der Waals surface area contributed by atoms with Crippen molar-refractivity contribution in [2.75, 3.05) is 43.3 Å². The molecule has 0 atom stereocenters. The number of carbonyl (C=O) groups is 2. The number of hydrogen-bond donors (Lipinski definition) is 2. The maximum Gasteiger partial charge on any atom is 0.251 e. The van der Waals surface area contributed by atoms with E-state index < -0.39 is 0 Å². The smallest absolute Gasteiger partial charge is 0.251 e. The molecule has 0 aromatic heterocycles. The third kappa shape index (κ3) is 14.9. The van der Waals surface area contributed by atoms with E-state index >= 15 is 0 Å². The zero-order chi connectivity index (χ0) is 24.9. The van der Waals surface area contributed by atoms with E-state index in [9.17, 15) is 9.59 Å². The van der Waals surface area contributed by atoms with Crippen molar-refractivity contribution in [3.05, 3.63) is 23.8 Å². The van der Waals surface area contributed by atoms with Crippen molar-refractivity contribution in [1.82, 2.24) is 5.32 Å². The van der Waals surface area contributed by atoms with Crippen LogP contribution < -0.4 is 10.6 Å². The maximum atomic E-state index is 12.4. The molecule has 0 unspecified atom stereocenters. The first-order valence-corrected chi connectivity index (χ1v) is 15.6. The minimum Gasteiger partial charge on any atom is -0.381 e. The molecule has 194 valence electrons. The van der Waals surface area contributed by atoms with Crippen molar-refractivity contribution in [1.29, 1.82) is 0 Å². The van der Waals surface area contributed by atoms with E-state index in [1.807, 2.05) is 18.4 Å². The zero-order valence-corrected chi connectivity index (χ0v) is 23.2. The molecule has 0 spiro atoms. The van der Waals surface area contributed by atoms with Gasteiger partial charge in [0, 0.05) is 36.6 Å². The fraction of sp³-hybridized carbons (Fsp3) is 0.704. The van der Waals surface area contributed by atoms with Gasteiger partial charge in [0.25, 0.3) is 5.91 Å². The Kier molecular flexibility index (Phi) is 19.2. The zero-order valence-electron chi connectivity index (χ0n) is 21.6. The summed E-state index contributed by atoms with van der Waals surface area (Å²) in [5, 5.41) is 5.92. The van der Waals surface area contributed by atoms with Gasteiger partial charge >= 0.3 is 0 Å². The molecule has 1 aromatic rings. The number of carbonyl (C=O) groups excluding carboxylic acids is 2. The fourth-order valence-corrected chi connectivity index (χ4v) is 4.60. The van der Waals surface area contributed by atoms with Gasteiger partial charge in [-0.25, -0.2) is 0 Å². The van der Waals surface area contributed by atoms with Gasteiger partial charge in [-0.2, -0.15) is 11.8 Å². The first-order chi connectivity index (χ1) is 16.6. The molecule has 0 saturated heterocycles. The minimum absolute atomic E-state index is 0.0421. The van der Waals surface area contributed by atoms with Crippen LogP contribution in [0.3, 0.4) is 0 Å². The van der Waals surface area contributed by atoms with Crippen LogP contribution in [-0.4, -0.2) is 49.8 Å². The Morgan fingerprint density at radius 1 is 0.882 bits per heavy atom. The number of thioether (sulfide) groups is 2. The molecule has 0 fully saturated rings. The highest BCUT2D eigenvalue weighted by Gasteiger charge is 2.11. The summed E-state index contributed by atoms with van der Waals surface area (Å²) in [5.41, 5.74) is 1.27. The summed E-state index contributed by atoms with van der Waals surface area (Å²) in [6.45, 7) is 4.30. The lowest BCUT2D eigenvalue weighted by atomic mass is 10.1. The summed E-state index contributed by atoms with van der Waals surface area (Å²) >= 11 is 3.33. The third-order valence-electron chi connectivity index (χ3n) is 5.63. The van der Waals surface area contributed by atoms with Crippen LogP contribution >= 0.6 is 23.5 Å². The second-order valence-electron chi connectivity index (χ2n) is 8.61. The summed E-state index contributed by atoms with van der Waals surface area (Å²) in [5.74, 6) is 0.879.